The van der Waals surface area contributed by atoms with Gasteiger partial charge in [0.05, 0.1) is 18.1 Å². The van der Waals surface area contributed by atoms with E-state index in [0.717, 1.165) is 50.5 Å². The van der Waals surface area contributed by atoms with Crippen LogP contribution in [0.3, 0.4) is 0 Å². The number of hydrogen-bond acceptors (Lipinski definition) is 5. The summed E-state index contributed by atoms with van der Waals surface area (Å²) in [6.45, 7) is 12.2. The van der Waals surface area contributed by atoms with Gasteiger partial charge in [0.25, 0.3) is 0 Å². The highest BCUT2D eigenvalue weighted by Crippen LogP contribution is 2.32. The number of rotatable bonds is 2. The lowest BCUT2D eigenvalue weighted by molar-refractivity contribution is -0.154. The Morgan fingerprint density at radius 2 is 1.73 bits per heavy atom. The zero-order valence-corrected chi connectivity index (χ0v) is 19.4. The van der Waals surface area contributed by atoms with Crippen molar-refractivity contribution in [1.82, 2.24) is 0 Å². The molecule has 5 heteroatoms. The quantitative estimate of drug-likeness (QED) is 0.501. The summed E-state index contributed by atoms with van der Waals surface area (Å²) in [6.07, 6.45) is 6.63. The standard InChI is InChI=1S/C25H42O5/c1-6-9-20-13-16(2)12-19(5)24(27)22(26)15-21-14-18(4)23(29-21)11-8-7-10-17(3)25(28)30-20/h17-21,23-24,27H,2,6-15H2,1,3-5H3/t17-,18-,19+,20+,21+,23-,24-/m0/s1. The van der Waals surface area contributed by atoms with Crippen LogP contribution in [0, 0.1) is 17.8 Å². The van der Waals surface area contributed by atoms with E-state index < -0.39 is 6.10 Å². The van der Waals surface area contributed by atoms with Crippen LogP contribution in [0.1, 0.15) is 91.9 Å². The van der Waals surface area contributed by atoms with Crippen molar-refractivity contribution in [3.63, 3.8) is 0 Å². The fourth-order valence-corrected chi connectivity index (χ4v) is 4.84. The first kappa shape index (κ1) is 25.1. The lowest BCUT2D eigenvalue weighted by atomic mass is 9.89. The van der Waals surface area contributed by atoms with Crippen molar-refractivity contribution >= 4 is 11.8 Å². The van der Waals surface area contributed by atoms with Gasteiger partial charge in [-0.1, -0.05) is 59.1 Å². The average molecular weight is 423 g/mol. The van der Waals surface area contributed by atoms with E-state index in [0.29, 0.717) is 18.8 Å². The fraction of sp³-hybridized carbons (Fsp3) is 0.840. The maximum Gasteiger partial charge on any atom is 0.308 e. The molecule has 1 N–H and O–H groups in total. The second-order valence-corrected chi connectivity index (χ2v) is 9.79. The summed E-state index contributed by atoms with van der Waals surface area (Å²) >= 11 is 0. The van der Waals surface area contributed by atoms with Gasteiger partial charge in [-0.25, -0.2) is 0 Å². The second-order valence-electron chi connectivity index (χ2n) is 9.79. The van der Waals surface area contributed by atoms with Crippen LogP contribution in [-0.2, 0) is 19.1 Å². The molecular formula is C25H42O5. The van der Waals surface area contributed by atoms with Gasteiger partial charge in [-0.15, -0.1) is 0 Å². The summed E-state index contributed by atoms with van der Waals surface area (Å²) in [6, 6.07) is 0. The van der Waals surface area contributed by atoms with Gasteiger partial charge in [0.2, 0.25) is 0 Å². The Morgan fingerprint density at radius 1 is 1.03 bits per heavy atom. The molecule has 30 heavy (non-hydrogen) atoms. The third-order valence-corrected chi connectivity index (χ3v) is 6.73. The molecule has 0 unspecified atom stereocenters. The number of ketones is 1. The molecule has 2 rings (SSSR count). The Bertz CT molecular complexity index is 586. The first-order valence-electron chi connectivity index (χ1n) is 11.9. The van der Waals surface area contributed by atoms with E-state index in [-0.39, 0.29) is 48.3 Å². The normalized spacial score (nSPS) is 38.0. The smallest absolute Gasteiger partial charge is 0.308 e. The minimum Gasteiger partial charge on any atom is -0.462 e. The van der Waals surface area contributed by atoms with Crippen molar-refractivity contribution in [2.75, 3.05) is 0 Å². The Morgan fingerprint density at radius 3 is 2.43 bits per heavy atom. The zero-order valence-electron chi connectivity index (χ0n) is 19.4. The van der Waals surface area contributed by atoms with E-state index in [9.17, 15) is 14.7 Å². The van der Waals surface area contributed by atoms with Gasteiger partial charge < -0.3 is 14.6 Å². The molecule has 172 valence electrons. The van der Waals surface area contributed by atoms with Crippen LogP contribution in [0.4, 0.5) is 0 Å². The third kappa shape index (κ3) is 7.49. The molecule has 0 aromatic heterocycles. The first-order valence-corrected chi connectivity index (χ1v) is 11.9. The maximum atomic E-state index is 12.6. The molecule has 2 aliphatic heterocycles. The van der Waals surface area contributed by atoms with E-state index in [2.05, 4.69) is 20.4 Å². The highest BCUT2D eigenvalue weighted by atomic mass is 16.5. The molecular weight excluding hydrogens is 380 g/mol. The number of carbonyl (C=O) groups excluding carboxylic acids is 2. The van der Waals surface area contributed by atoms with Crippen LogP contribution in [-0.4, -0.2) is 41.3 Å². The number of hydrogen-bond donors (Lipinski definition) is 1. The first-order chi connectivity index (χ1) is 14.2. The van der Waals surface area contributed by atoms with Gasteiger partial charge >= 0.3 is 5.97 Å². The number of aliphatic hydroxyl groups excluding tert-OH is 1. The van der Waals surface area contributed by atoms with Crippen molar-refractivity contribution in [2.45, 2.75) is 116 Å². The number of carbonyl (C=O) groups is 2. The SMILES string of the molecule is C=C1C[C@@H](CCC)OC(=O)[C@@H](C)CCCC[C@@H]2O[C@@H](CC(=O)[C@@H](O)[C@H](C)C1)C[C@@H]2C. The van der Waals surface area contributed by atoms with Crippen molar-refractivity contribution < 1.29 is 24.2 Å². The number of ether oxygens (including phenoxy) is 2. The van der Waals surface area contributed by atoms with Crippen LogP contribution >= 0.6 is 0 Å². The summed E-state index contributed by atoms with van der Waals surface area (Å²) < 4.78 is 12.0. The van der Waals surface area contributed by atoms with Crippen molar-refractivity contribution in [2.24, 2.45) is 17.8 Å². The van der Waals surface area contributed by atoms with Gasteiger partial charge in [-0.2, -0.15) is 0 Å². The van der Waals surface area contributed by atoms with Crippen molar-refractivity contribution in [3.05, 3.63) is 12.2 Å². The summed E-state index contributed by atoms with van der Waals surface area (Å²) in [7, 11) is 0. The molecule has 0 aromatic carbocycles. The van der Waals surface area contributed by atoms with Crippen LogP contribution in [0.25, 0.3) is 0 Å². The molecule has 0 aromatic rings. The van der Waals surface area contributed by atoms with E-state index in [4.69, 9.17) is 9.47 Å². The Labute approximate surface area is 182 Å². The molecule has 2 fully saturated rings. The molecule has 2 saturated heterocycles. The van der Waals surface area contributed by atoms with Crippen LogP contribution in [0.2, 0.25) is 0 Å². The zero-order chi connectivity index (χ0) is 22.3. The van der Waals surface area contributed by atoms with Crippen molar-refractivity contribution in [3.8, 4) is 0 Å². The molecule has 0 saturated carbocycles. The molecule has 0 amide bonds. The van der Waals surface area contributed by atoms with Crippen LogP contribution in [0.15, 0.2) is 12.2 Å². The minimum atomic E-state index is -1.01. The second kappa shape index (κ2) is 12.0. The summed E-state index contributed by atoms with van der Waals surface area (Å²) in [4.78, 5) is 25.2. The van der Waals surface area contributed by atoms with Crippen LogP contribution < -0.4 is 0 Å². The Kier molecular flexibility index (Phi) is 10.0. The predicted octanol–water partition coefficient (Wildman–Crippen LogP) is 4.99. The fourth-order valence-electron chi connectivity index (χ4n) is 4.84. The Balaban J connectivity index is 2.09. The number of aliphatic hydroxyl groups is 1. The molecule has 0 radical (unpaired) electrons. The van der Waals surface area contributed by atoms with E-state index in [1.54, 1.807) is 0 Å². The molecule has 7 atom stereocenters. The lowest BCUT2D eigenvalue weighted by Crippen LogP contribution is -2.31. The molecule has 0 spiro atoms. The Hall–Kier alpha value is -1.20. The topological polar surface area (TPSA) is 72.8 Å². The molecule has 2 heterocycles. The summed E-state index contributed by atoms with van der Waals surface area (Å²) in [5.41, 5.74) is 0.917. The monoisotopic (exact) mass is 422 g/mol. The van der Waals surface area contributed by atoms with E-state index >= 15 is 0 Å². The third-order valence-electron chi connectivity index (χ3n) is 6.73. The molecule has 2 aliphatic rings. The summed E-state index contributed by atoms with van der Waals surface area (Å²) in [5, 5.41) is 10.6. The molecule has 5 nitrogen and oxygen atoms in total. The predicted molar refractivity (Wildman–Crippen MR) is 118 cm³/mol. The number of cyclic esters (lactones) is 1. The van der Waals surface area contributed by atoms with E-state index in [1.165, 1.54) is 0 Å². The average Bonchev–Trinajstić information content (AvgIpc) is 3.02. The maximum absolute atomic E-state index is 12.6. The number of fused-ring (bicyclic) bond motifs is 2. The number of Topliss-reactive ketones (excluding diaryl/α,β-unsaturated/α-hetero) is 1. The summed E-state index contributed by atoms with van der Waals surface area (Å²) in [5.74, 6) is -0.174. The highest BCUT2D eigenvalue weighted by Gasteiger charge is 2.35. The van der Waals surface area contributed by atoms with Crippen molar-refractivity contribution in [1.29, 1.82) is 0 Å². The highest BCUT2D eigenvalue weighted by molar-refractivity contribution is 5.83. The van der Waals surface area contributed by atoms with Gasteiger partial charge in [-0.05, 0) is 43.9 Å². The van der Waals surface area contributed by atoms with E-state index in [1.807, 2.05) is 13.8 Å². The van der Waals surface area contributed by atoms with Gasteiger partial charge in [0.15, 0.2) is 5.78 Å². The van der Waals surface area contributed by atoms with Gasteiger partial charge in [0, 0.05) is 12.8 Å². The van der Waals surface area contributed by atoms with Gasteiger partial charge in [0.1, 0.15) is 12.2 Å². The van der Waals surface area contributed by atoms with Crippen LogP contribution in [0.5, 0.6) is 0 Å². The van der Waals surface area contributed by atoms with Gasteiger partial charge in [-0.3, -0.25) is 9.59 Å². The number of esters is 1. The molecule has 0 aliphatic carbocycles. The molecule has 2 bridgehead atoms. The lowest BCUT2D eigenvalue weighted by Gasteiger charge is -2.24. The largest absolute Gasteiger partial charge is 0.462 e. The minimum absolute atomic E-state index is 0.0933.